The van der Waals surface area contributed by atoms with E-state index >= 15 is 0 Å². The van der Waals surface area contributed by atoms with E-state index in [1.165, 1.54) is 11.1 Å². The molecule has 1 heterocycles. The molecule has 3 aromatic carbocycles. The van der Waals surface area contributed by atoms with Crippen molar-refractivity contribution in [3.8, 4) is 0 Å². The minimum absolute atomic E-state index is 0.0505. The topological polar surface area (TPSA) is 70.7 Å². The first-order valence-electron chi connectivity index (χ1n) is 10.7. The Morgan fingerprint density at radius 2 is 1.66 bits per heavy atom. The van der Waals surface area contributed by atoms with E-state index in [4.69, 9.17) is 0 Å². The minimum Gasteiger partial charge on any atom is -0.352 e. The molecule has 0 aliphatic carbocycles. The Morgan fingerprint density at radius 1 is 0.969 bits per heavy atom. The van der Waals surface area contributed by atoms with E-state index < -0.39 is 0 Å². The van der Waals surface area contributed by atoms with E-state index in [-0.39, 0.29) is 11.8 Å². The van der Waals surface area contributed by atoms with Crippen LogP contribution in [0.25, 0.3) is 0 Å². The van der Waals surface area contributed by atoms with Crippen LogP contribution >= 0.6 is 11.8 Å². The average molecular weight is 443 g/mol. The predicted molar refractivity (Wildman–Crippen MR) is 129 cm³/mol. The van der Waals surface area contributed by atoms with Crippen LogP contribution in [0.2, 0.25) is 0 Å². The highest BCUT2D eigenvalue weighted by atomic mass is 32.2. The number of hydrogen-bond donors (Lipinski definition) is 2. The summed E-state index contributed by atoms with van der Waals surface area (Å²) in [6.45, 7) is 2.48. The molecule has 0 saturated carbocycles. The Labute approximate surface area is 192 Å². The lowest BCUT2D eigenvalue weighted by Crippen LogP contribution is -2.26. The number of nitrogens with one attached hydrogen (secondary N) is 2. The minimum atomic E-state index is -0.0505. The second-order valence-corrected chi connectivity index (χ2v) is 8.55. The molecule has 4 aromatic rings. The fourth-order valence-corrected chi connectivity index (χ4v) is 4.45. The summed E-state index contributed by atoms with van der Waals surface area (Å²) >= 11 is 1.55. The molecule has 0 atom stereocenters. The number of benzene rings is 3. The van der Waals surface area contributed by atoms with E-state index in [0.717, 1.165) is 17.8 Å². The molecule has 0 fully saturated rings. The quantitative estimate of drug-likeness (QED) is 0.343. The van der Waals surface area contributed by atoms with Crippen LogP contribution in [-0.2, 0) is 5.75 Å². The maximum Gasteiger partial charge on any atom is 0.251 e. The van der Waals surface area contributed by atoms with Gasteiger partial charge in [-0.05, 0) is 42.2 Å². The lowest BCUT2D eigenvalue weighted by molar-refractivity contribution is 0.0952. The van der Waals surface area contributed by atoms with Gasteiger partial charge in [-0.2, -0.15) is 0 Å². The van der Waals surface area contributed by atoms with Crippen molar-refractivity contribution in [2.75, 3.05) is 6.54 Å². The van der Waals surface area contributed by atoms with Gasteiger partial charge in [0.2, 0.25) is 5.16 Å². The number of thioether (sulfide) groups is 1. The number of carbonyl (C=O) groups excluding carboxylic acids is 1. The Morgan fingerprint density at radius 3 is 2.28 bits per heavy atom. The van der Waals surface area contributed by atoms with Gasteiger partial charge in [0.15, 0.2) is 0 Å². The van der Waals surface area contributed by atoms with Crippen LogP contribution in [0.5, 0.6) is 0 Å². The molecule has 0 unspecified atom stereocenters. The van der Waals surface area contributed by atoms with Crippen LogP contribution in [0.15, 0.2) is 90.1 Å². The first-order chi connectivity index (χ1) is 15.7. The number of H-pyrrole nitrogens is 1. The summed E-state index contributed by atoms with van der Waals surface area (Å²) in [6.07, 6.45) is 0.833. The number of rotatable bonds is 9. The number of aromatic amines is 1. The predicted octanol–water partition coefficient (Wildman–Crippen LogP) is 5.36. The summed E-state index contributed by atoms with van der Waals surface area (Å²) in [5.41, 5.74) is 4.25. The van der Waals surface area contributed by atoms with Crippen molar-refractivity contribution < 1.29 is 4.79 Å². The molecule has 0 aliphatic rings. The first kappa shape index (κ1) is 21.8. The molecule has 5 nitrogen and oxygen atoms in total. The molecule has 0 spiro atoms. The van der Waals surface area contributed by atoms with Crippen molar-refractivity contribution in [3.63, 3.8) is 0 Å². The van der Waals surface area contributed by atoms with Crippen molar-refractivity contribution in [1.82, 2.24) is 20.5 Å². The smallest absolute Gasteiger partial charge is 0.251 e. The van der Waals surface area contributed by atoms with Crippen LogP contribution in [0.4, 0.5) is 0 Å². The van der Waals surface area contributed by atoms with Crippen molar-refractivity contribution in [2.24, 2.45) is 0 Å². The molecule has 0 radical (unpaired) electrons. The molecule has 6 heteroatoms. The van der Waals surface area contributed by atoms with Crippen molar-refractivity contribution >= 4 is 17.7 Å². The van der Waals surface area contributed by atoms with Crippen molar-refractivity contribution in [2.45, 2.75) is 30.2 Å². The maximum atomic E-state index is 12.8. The Bertz CT molecular complexity index is 1110. The molecule has 1 amide bonds. The van der Waals surface area contributed by atoms with Crippen LogP contribution in [0.1, 0.15) is 45.2 Å². The second kappa shape index (κ2) is 10.8. The van der Waals surface area contributed by atoms with Gasteiger partial charge in [-0.3, -0.25) is 9.89 Å². The van der Waals surface area contributed by atoms with Crippen molar-refractivity contribution in [3.05, 3.63) is 113 Å². The SMILES string of the molecule is Cc1nc(SCc2cccc(C(=O)NCCC(c3ccccc3)c3ccccc3)c2)n[nH]1. The fourth-order valence-electron chi connectivity index (χ4n) is 3.67. The van der Waals surface area contributed by atoms with E-state index in [1.807, 2.05) is 43.3 Å². The summed E-state index contributed by atoms with van der Waals surface area (Å²) < 4.78 is 0. The van der Waals surface area contributed by atoms with Gasteiger partial charge in [-0.15, -0.1) is 5.10 Å². The van der Waals surface area contributed by atoms with Crippen LogP contribution in [0, 0.1) is 6.92 Å². The van der Waals surface area contributed by atoms with Gasteiger partial charge in [0.25, 0.3) is 5.91 Å². The number of aryl methyl sites for hydroxylation is 1. The lowest BCUT2D eigenvalue weighted by Gasteiger charge is -2.18. The highest BCUT2D eigenvalue weighted by Gasteiger charge is 2.15. The number of amides is 1. The summed E-state index contributed by atoms with van der Waals surface area (Å²) in [4.78, 5) is 17.1. The number of aromatic nitrogens is 3. The lowest BCUT2D eigenvalue weighted by atomic mass is 9.88. The summed E-state index contributed by atoms with van der Waals surface area (Å²) in [5.74, 6) is 1.70. The maximum absolute atomic E-state index is 12.8. The molecule has 2 N–H and O–H groups in total. The first-order valence-corrected chi connectivity index (χ1v) is 11.7. The second-order valence-electron chi connectivity index (χ2n) is 7.61. The van der Waals surface area contributed by atoms with E-state index in [9.17, 15) is 4.79 Å². The van der Waals surface area contributed by atoms with E-state index in [1.54, 1.807) is 11.8 Å². The molecule has 32 heavy (non-hydrogen) atoms. The van der Waals surface area contributed by atoms with E-state index in [0.29, 0.717) is 23.0 Å². The third kappa shape index (κ3) is 5.86. The molecule has 4 rings (SSSR count). The molecule has 1 aromatic heterocycles. The van der Waals surface area contributed by atoms with Crippen LogP contribution in [0.3, 0.4) is 0 Å². The van der Waals surface area contributed by atoms with Gasteiger partial charge in [0.1, 0.15) is 5.82 Å². The van der Waals surface area contributed by atoms with Crippen molar-refractivity contribution in [1.29, 1.82) is 0 Å². The number of nitrogens with zero attached hydrogens (tertiary/aromatic N) is 2. The Balaban J connectivity index is 1.36. The van der Waals surface area contributed by atoms with Crippen LogP contribution < -0.4 is 5.32 Å². The Hall–Kier alpha value is -3.38. The molecule has 0 aliphatic heterocycles. The number of hydrogen-bond acceptors (Lipinski definition) is 4. The Kier molecular flexibility index (Phi) is 7.35. The fraction of sp³-hybridized carbons (Fsp3) is 0.192. The highest BCUT2D eigenvalue weighted by Crippen LogP contribution is 2.27. The third-order valence-corrected chi connectivity index (χ3v) is 6.17. The van der Waals surface area contributed by atoms with Gasteiger partial charge in [0.05, 0.1) is 0 Å². The highest BCUT2D eigenvalue weighted by molar-refractivity contribution is 7.98. The average Bonchev–Trinajstić information content (AvgIpc) is 3.27. The zero-order valence-corrected chi connectivity index (χ0v) is 18.8. The summed E-state index contributed by atoms with van der Waals surface area (Å²) in [5, 5.41) is 10.8. The largest absolute Gasteiger partial charge is 0.352 e. The zero-order chi connectivity index (χ0) is 22.2. The molecular formula is C26H26N4OS. The van der Waals surface area contributed by atoms with Gasteiger partial charge < -0.3 is 5.32 Å². The molecule has 162 valence electrons. The third-order valence-electron chi connectivity index (χ3n) is 5.26. The van der Waals surface area contributed by atoms with Gasteiger partial charge in [-0.25, -0.2) is 4.98 Å². The summed E-state index contributed by atoms with van der Waals surface area (Å²) in [6, 6.07) is 28.6. The zero-order valence-electron chi connectivity index (χ0n) is 18.0. The monoisotopic (exact) mass is 442 g/mol. The normalized spacial score (nSPS) is 10.9. The molecule has 0 bridgehead atoms. The van der Waals surface area contributed by atoms with Crippen LogP contribution in [-0.4, -0.2) is 27.6 Å². The molecule has 0 saturated heterocycles. The van der Waals surface area contributed by atoms with Gasteiger partial charge >= 0.3 is 0 Å². The standard InChI is InChI=1S/C26H26N4OS/c1-19-28-26(30-29-19)32-18-20-9-8-14-23(17-20)25(31)27-16-15-24(21-10-4-2-5-11-21)22-12-6-3-7-13-22/h2-14,17,24H,15-16,18H2,1H3,(H,27,31)(H,28,29,30). The van der Waals surface area contributed by atoms with Gasteiger partial charge in [-0.1, -0.05) is 84.6 Å². The number of carbonyl (C=O) groups is 1. The van der Waals surface area contributed by atoms with E-state index in [2.05, 4.69) is 69.0 Å². The molecular weight excluding hydrogens is 416 g/mol. The summed E-state index contributed by atoms with van der Waals surface area (Å²) in [7, 11) is 0. The van der Waals surface area contributed by atoms with Gasteiger partial charge in [0, 0.05) is 23.8 Å².